The van der Waals surface area contributed by atoms with E-state index in [4.69, 9.17) is 4.74 Å². The van der Waals surface area contributed by atoms with Gasteiger partial charge in [-0.25, -0.2) is 4.39 Å². The molecule has 0 spiro atoms. The summed E-state index contributed by atoms with van der Waals surface area (Å²) in [5, 5.41) is 0. The van der Waals surface area contributed by atoms with Gasteiger partial charge in [0.1, 0.15) is 18.2 Å². The van der Waals surface area contributed by atoms with Crippen LogP contribution in [0, 0.1) is 5.82 Å². The molecule has 1 aromatic heterocycles. The van der Waals surface area contributed by atoms with E-state index in [1.165, 1.54) is 41.3 Å². The Labute approximate surface area is 186 Å². The zero-order valence-corrected chi connectivity index (χ0v) is 18.6. The number of thiophene rings is 1. The van der Waals surface area contributed by atoms with Gasteiger partial charge in [0.05, 0.1) is 7.11 Å². The number of rotatable bonds is 8. The first-order valence-corrected chi connectivity index (χ1v) is 11.6. The summed E-state index contributed by atoms with van der Waals surface area (Å²) in [7, 11) is 1.41. The van der Waals surface area contributed by atoms with Crippen molar-refractivity contribution < 1.29 is 18.7 Å². The van der Waals surface area contributed by atoms with Crippen molar-refractivity contribution >= 4 is 17.3 Å². The second kappa shape index (κ2) is 10.1. The lowest BCUT2D eigenvalue weighted by Gasteiger charge is -2.11. The van der Waals surface area contributed by atoms with Gasteiger partial charge in [-0.15, -0.1) is 11.3 Å². The fourth-order valence-corrected chi connectivity index (χ4v) is 5.31. The summed E-state index contributed by atoms with van der Waals surface area (Å²) < 4.78 is 24.6. The third kappa shape index (κ3) is 5.53. The van der Waals surface area contributed by atoms with Crippen LogP contribution in [0.4, 0.5) is 4.39 Å². The Hall–Kier alpha value is -2.66. The number of benzene rings is 2. The summed E-state index contributed by atoms with van der Waals surface area (Å²) in [6.07, 6.45) is 6.79. The van der Waals surface area contributed by atoms with E-state index in [1.54, 1.807) is 6.07 Å². The topological polar surface area (TPSA) is 35.5 Å². The molecule has 3 nitrogen and oxygen atoms in total. The fraction of sp³-hybridized carbons (Fsp3) is 0.346. The van der Waals surface area contributed by atoms with Crippen LogP contribution >= 0.6 is 11.3 Å². The zero-order valence-electron chi connectivity index (χ0n) is 17.8. The van der Waals surface area contributed by atoms with E-state index in [2.05, 4.69) is 10.8 Å². The SMILES string of the molecule is COC(=O)CCCc1ccc(OCc2cc(F)ccc2-c2cc3c(s2)CCCC3)cc1. The van der Waals surface area contributed by atoms with Gasteiger partial charge in [0.15, 0.2) is 0 Å². The Morgan fingerprint density at radius 3 is 2.65 bits per heavy atom. The molecule has 0 radical (unpaired) electrons. The minimum atomic E-state index is -0.246. The third-order valence-electron chi connectivity index (χ3n) is 5.72. The minimum Gasteiger partial charge on any atom is -0.489 e. The number of halogens is 1. The molecule has 0 atom stereocenters. The lowest BCUT2D eigenvalue weighted by Crippen LogP contribution is -2.01. The van der Waals surface area contributed by atoms with Crippen LogP contribution in [-0.2, 0) is 35.4 Å². The molecule has 0 saturated heterocycles. The fourth-order valence-electron chi connectivity index (χ4n) is 4.00. The number of ether oxygens (including phenoxy) is 2. The van der Waals surface area contributed by atoms with Crippen LogP contribution in [-0.4, -0.2) is 13.1 Å². The molecular weight excluding hydrogens is 411 g/mol. The predicted molar refractivity (Wildman–Crippen MR) is 122 cm³/mol. The summed E-state index contributed by atoms with van der Waals surface area (Å²) >= 11 is 1.83. The summed E-state index contributed by atoms with van der Waals surface area (Å²) in [4.78, 5) is 13.9. The van der Waals surface area contributed by atoms with E-state index in [1.807, 2.05) is 41.7 Å². The monoisotopic (exact) mass is 438 g/mol. The Kier molecular flexibility index (Phi) is 7.03. The molecule has 0 unspecified atom stereocenters. The van der Waals surface area contributed by atoms with Crippen LogP contribution in [0.3, 0.4) is 0 Å². The van der Waals surface area contributed by atoms with Crippen LogP contribution in [0.25, 0.3) is 10.4 Å². The van der Waals surface area contributed by atoms with Crippen molar-refractivity contribution in [2.24, 2.45) is 0 Å². The number of carbonyl (C=O) groups is 1. The van der Waals surface area contributed by atoms with Gasteiger partial charge in [-0.3, -0.25) is 4.79 Å². The van der Waals surface area contributed by atoms with Gasteiger partial charge in [-0.1, -0.05) is 18.2 Å². The molecule has 5 heteroatoms. The molecular formula is C26H27FO3S. The van der Waals surface area contributed by atoms with Crippen molar-refractivity contribution in [3.05, 3.63) is 75.9 Å². The van der Waals surface area contributed by atoms with Crippen molar-refractivity contribution in [3.8, 4) is 16.2 Å². The molecule has 1 aliphatic carbocycles. The Morgan fingerprint density at radius 2 is 1.87 bits per heavy atom. The second-order valence-electron chi connectivity index (χ2n) is 7.93. The first kappa shape index (κ1) is 21.6. The molecule has 3 aromatic rings. The van der Waals surface area contributed by atoms with Crippen molar-refractivity contribution in [2.75, 3.05) is 7.11 Å². The minimum absolute atomic E-state index is 0.183. The maximum atomic E-state index is 14.0. The van der Waals surface area contributed by atoms with E-state index in [0.29, 0.717) is 13.0 Å². The molecule has 1 heterocycles. The van der Waals surface area contributed by atoms with E-state index in [-0.39, 0.29) is 11.8 Å². The van der Waals surface area contributed by atoms with Crippen LogP contribution in [0.15, 0.2) is 48.5 Å². The highest BCUT2D eigenvalue weighted by Crippen LogP contribution is 2.37. The molecule has 2 aromatic carbocycles. The number of esters is 1. The van der Waals surface area contributed by atoms with Gasteiger partial charge in [-0.05, 0) is 85.5 Å². The van der Waals surface area contributed by atoms with Gasteiger partial charge in [0.25, 0.3) is 0 Å². The van der Waals surface area contributed by atoms with E-state index in [9.17, 15) is 9.18 Å². The quantitative estimate of drug-likeness (QED) is 0.376. The lowest BCUT2D eigenvalue weighted by atomic mass is 9.98. The number of fused-ring (bicyclic) bond motifs is 1. The number of hydrogen-bond donors (Lipinski definition) is 0. The number of hydrogen-bond acceptors (Lipinski definition) is 4. The summed E-state index contributed by atoms with van der Waals surface area (Å²) in [5.74, 6) is 0.319. The van der Waals surface area contributed by atoms with Crippen LogP contribution in [0.1, 0.15) is 47.3 Å². The molecule has 31 heavy (non-hydrogen) atoms. The molecule has 0 fully saturated rings. The highest BCUT2D eigenvalue weighted by Gasteiger charge is 2.16. The smallest absolute Gasteiger partial charge is 0.305 e. The molecule has 0 N–H and O–H groups in total. The maximum absolute atomic E-state index is 14.0. The van der Waals surface area contributed by atoms with Gasteiger partial charge in [-0.2, -0.15) is 0 Å². The van der Waals surface area contributed by atoms with Gasteiger partial charge >= 0.3 is 5.97 Å². The maximum Gasteiger partial charge on any atom is 0.305 e. The molecule has 0 amide bonds. The highest BCUT2D eigenvalue weighted by atomic mass is 32.1. The number of carbonyl (C=O) groups excluding carboxylic acids is 1. The molecule has 162 valence electrons. The van der Waals surface area contributed by atoms with Gasteiger partial charge in [0, 0.05) is 21.7 Å². The van der Waals surface area contributed by atoms with E-state index in [0.717, 1.165) is 48.1 Å². The largest absolute Gasteiger partial charge is 0.489 e. The van der Waals surface area contributed by atoms with Crippen LogP contribution < -0.4 is 4.74 Å². The average Bonchev–Trinajstić information content (AvgIpc) is 3.22. The van der Waals surface area contributed by atoms with Crippen molar-refractivity contribution in [2.45, 2.75) is 51.6 Å². The third-order valence-corrected chi connectivity index (χ3v) is 6.99. The molecule has 0 aliphatic heterocycles. The standard InChI is InChI=1S/C26H27FO3S/c1-29-26(28)8-4-5-18-9-12-22(13-10-18)30-17-20-15-21(27)11-14-23(20)25-16-19-6-2-3-7-24(19)31-25/h9-16H,2-8,17H2,1H3. The highest BCUT2D eigenvalue weighted by molar-refractivity contribution is 7.15. The molecule has 4 rings (SSSR count). The summed E-state index contributed by atoms with van der Waals surface area (Å²) in [6, 6.07) is 15.1. The lowest BCUT2D eigenvalue weighted by molar-refractivity contribution is -0.140. The second-order valence-corrected chi connectivity index (χ2v) is 9.07. The average molecular weight is 439 g/mol. The van der Waals surface area contributed by atoms with Crippen molar-refractivity contribution in [3.63, 3.8) is 0 Å². The summed E-state index contributed by atoms with van der Waals surface area (Å²) in [5.41, 5.74) is 4.51. The zero-order chi connectivity index (χ0) is 21.6. The molecule has 0 saturated carbocycles. The van der Waals surface area contributed by atoms with Crippen molar-refractivity contribution in [1.29, 1.82) is 0 Å². The Bertz CT molecular complexity index is 1020. The first-order chi connectivity index (χ1) is 15.1. The normalized spacial score (nSPS) is 13.0. The first-order valence-electron chi connectivity index (χ1n) is 10.8. The van der Waals surface area contributed by atoms with Crippen LogP contribution in [0.2, 0.25) is 0 Å². The number of aryl methyl sites for hydroxylation is 3. The van der Waals surface area contributed by atoms with E-state index >= 15 is 0 Å². The number of methoxy groups -OCH3 is 1. The van der Waals surface area contributed by atoms with E-state index < -0.39 is 0 Å². The van der Waals surface area contributed by atoms with Crippen LogP contribution in [0.5, 0.6) is 5.75 Å². The summed E-state index contributed by atoms with van der Waals surface area (Å²) in [6.45, 7) is 0.317. The molecule has 1 aliphatic rings. The van der Waals surface area contributed by atoms with Crippen molar-refractivity contribution in [1.82, 2.24) is 0 Å². The van der Waals surface area contributed by atoms with Gasteiger partial charge in [0.2, 0.25) is 0 Å². The Balaban J connectivity index is 1.42. The Morgan fingerprint density at radius 1 is 1.06 bits per heavy atom. The molecule has 0 bridgehead atoms. The van der Waals surface area contributed by atoms with Gasteiger partial charge < -0.3 is 9.47 Å². The predicted octanol–water partition coefficient (Wildman–Crippen LogP) is 6.51.